The average molecular weight is 352 g/mol. The zero-order valence-electron chi connectivity index (χ0n) is 16.2. The quantitative estimate of drug-likeness (QED) is 0.791. The van der Waals surface area contributed by atoms with Crippen LogP contribution < -0.4 is 9.47 Å². The molecule has 2 aromatic carbocycles. The molecular weight excluding hydrogens is 324 g/mol. The van der Waals surface area contributed by atoms with Crippen LogP contribution in [0.1, 0.15) is 55.4 Å². The molecule has 0 aliphatic heterocycles. The molecule has 138 valence electrons. The molecular formula is C23H28O3. The summed E-state index contributed by atoms with van der Waals surface area (Å²) in [4.78, 5) is 12.8. The molecule has 3 nitrogen and oxygen atoms in total. The minimum absolute atomic E-state index is 0.141. The molecule has 3 rings (SSSR count). The van der Waals surface area contributed by atoms with E-state index in [0.29, 0.717) is 0 Å². The first kappa shape index (κ1) is 18.5. The molecule has 1 aliphatic rings. The molecule has 1 aliphatic carbocycles. The van der Waals surface area contributed by atoms with Crippen LogP contribution in [0.2, 0.25) is 0 Å². The highest BCUT2D eigenvalue weighted by Gasteiger charge is 2.35. The van der Waals surface area contributed by atoms with Gasteiger partial charge in [0.1, 0.15) is 17.3 Å². The van der Waals surface area contributed by atoms with Crippen molar-refractivity contribution in [2.45, 2.75) is 51.4 Å². The zero-order chi connectivity index (χ0) is 18.7. The number of Topliss-reactive ketones (excluding diaryl/α,β-unsaturated/α-hetero) is 1. The molecule has 0 N–H and O–H groups in total. The van der Waals surface area contributed by atoms with E-state index in [1.807, 2.05) is 31.2 Å². The Labute approximate surface area is 156 Å². The molecule has 0 unspecified atom stereocenters. The first-order valence-electron chi connectivity index (χ1n) is 9.36. The number of hydrogen-bond donors (Lipinski definition) is 0. The lowest BCUT2D eigenvalue weighted by Crippen LogP contribution is -2.32. The van der Waals surface area contributed by atoms with E-state index in [1.165, 1.54) is 11.1 Å². The highest BCUT2D eigenvalue weighted by Crippen LogP contribution is 2.38. The van der Waals surface area contributed by atoms with Gasteiger partial charge in [-0.1, -0.05) is 30.7 Å². The van der Waals surface area contributed by atoms with Gasteiger partial charge in [0, 0.05) is 0 Å². The van der Waals surface area contributed by atoms with E-state index in [9.17, 15) is 4.79 Å². The number of ether oxygens (including phenoxy) is 2. The van der Waals surface area contributed by atoms with Crippen LogP contribution in [-0.2, 0) is 23.1 Å². The highest BCUT2D eigenvalue weighted by atomic mass is 16.5. The Balaban J connectivity index is 2.23. The van der Waals surface area contributed by atoms with Crippen LogP contribution in [0.5, 0.6) is 11.5 Å². The van der Waals surface area contributed by atoms with Crippen molar-refractivity contribution in [2.24, 2.45) is 0 Å². The molecule has 0 fully saturated rings. The Morgan fingerprint density at radius 2 is 1.31 bits per heavy atom. The fourth-order valence-electron chi connectivity index (χ4n) is 3.95. The number of ketones is 1. The third-order valence-corrected chi connectivity index (χ3v) is 5.81. The third kappa shape index (κ3) is 3.23. The van der Waals surface area contributed by atoms with Crippen molar-refractivity contribution in [3.63, 3.8) is 0 Å². The van der Waals surface area contributed by atoms with Gasteiger partial charge in [0.25, 0.3) is 0 Å². The minimum Gasteiger partial charge on any atom is -0.496 e. The Hall–Kier alpha value is -2.29. The first-order valence-corrected chi connectivity index (χ1v) is 9.36. The molecule has 4 bridgehead atoms. The number of benzene rings is 2. The highest BCUT2D eigenvalue weighted by molar-refractivity contribution is 5.91. The lowest BCUT2D eigenvalue weighted by Gasteiger charge is -2.30. The Bertz CT molecular complexity index is 750. The average Bonchev–Trinajstić information content (AvgIpc) is 2.65. The summed E-state index contributed by atoms with van der Waals surface area (Å²) in [6, 6.07) is 12.4. The Morgan fingerprint density at radius 3 is 1.69 bits per heavy atom. The Morgan fingerprint density at radius 1 is 0.846 bits per heavy atom. The van der Waals surface area contributed by atoms with Gasteiger partial charge in [-0.25, -0.2) is 0 Å². The van der Waals surface area contributed by atoms with Gasteiger partial charge in [-0.3, -0.25) is 4.79 Å². The van der Waals surface area contributed by atoms with Gasteiger partial charge in [0.05, 0.1) is 19.6 Å². The molecule has 2 aromatic rings. The maximum absolute atomic E-state index is 12.8. The van der Waals surface area contributed by atoms with Crippen LogP contribution in [0.4, 0.5) is 0 Å². The number of hydrogen-bond acceptors (Lipinski definition) is 3. The van der Waals surface area contributed by atoms with Crippen molar-refractivity contribution < 1.29 is 14.3 Å². The van der Waals surface area contributed by atoms with Crippen LogP contribution in [0.25, 0.3) is 0 Å². The largest absolute Gasteiger partial charge is 0.496 e. The number of rotatable bonds is 3. The predicted molar refractivity (Wildman–Crippen MR) is 104 cm³/mol. The smallest absolute Gasteiger partial charge is 0.144 e. The SMILES string of the molecule is COc1ccc2cc1CCCCCc1cc(ccc1OC)C2(C)C(C)=O. The zero-order valence-corrected chi connectivity index (χ0v) is 16.2. The standard InChI is InChI=1S/C23H28O3/c1-16(24)23(2)19-10-12-21(25-3)17(14-19)8-6-5-7-9-18-15-20(23)11-13-22(18)26-4/h10-15H,5-9H2,1-4H3. The summed E-state index contributed by atoms with van der Waals surface area (Å²) >= 11 is 0. The maximum Gasteiger partial charge on any atom is 0.144 e. The van der Waals surface area contributed by atoms with Crippen LogP contribution >= 0.6 is 0 Å². The van der Waals surface area contributed by atoms with Crippen molar-refractivity contribution in [1.29, 1.82) is 0 Å². The third-order valence-electron chi connectivity index (χ3n) is 5.81. The van der Waals surface area contributed by atoms with E-state index in [4.69, 9.17) is 9.47 Å². The van der Waals surface area contributed by atoms with Gasteiger partial charge >= 0.3 is 0 Å². The van der Waals surface area contributed by atoms with Crippen molar-refractivity contribution in [1.82, 2.24) is 0 Å². The van der Waals surface area contributed by atoms with Gasteiger partial charge in [-0.2, -0.15) is 0 Å². The molecule has 0 saturated carbocycles. The summed E-state index contributed by atoms with van der Waals surface area (Å²) in [5.41, 5.74) is 3.75. The van der Waals surface area contributed by atoms with E-state index in [-0.39, 0.29) is 5.78 Å². The lowest BCUT2D eigenvalue weighted by atomic mass is 9.72. The molecule has 0 atom stereocenters. The molecule has 0 amide bonds. The molecule has 3 heteroatoms. The fourth-order valence-corrected chi connectivity index (χ4v) is 3.95. The van der Waals surface area contributed by atoms with Gasteiger partial charge in [-0.15, -0.1) is 0 Å². The van der Waals surface area contributed by atoms with Gasteiger partial charge in [0.15, 0.2) is 0 Å². The van der Waals surface area contributed by atoms with Gasteiger partial charge in [-0.05, 0) is 73.9 Å². The predicted octanol–water partition coefficient (Wildman–Crippen LogP) is 4.87. The van der Waals surface area contributed by atoms with Crippen molar-refractivity contribution in [2.75, 3.05) is 14.2 Å². The van der Waals surface area contributed by atoms with E-state index < -0.39 is 5.41 Å². The maximum atomic E-state index is 12.8. The first-order chi connectivity index (χ1) is 12.5. The number of carbonyl (C=O) groups is 1. The molecule has 0 spiro atoms. The van der Waals surface area contributed by atoms with Gasteiger partial charge < -0.3 is 9.47 Å². The summed E-state index contributed by atoms with van der Waals surface area (Å²) in [5, 5.41) is 0. The number of fused-ring (bicyclic) bond motifs is 4. The summed E-state index contributed by atoms with van der Waals surface area (Å²) < 4.78 is 11.1. The molecule has 26 heavy (non-hydrogen) atoms. The molecule has 0 heterocycles. The minimum atomic E-state index is -0.679. The second kappa shape index (κ2) is 7.53. The van der Waals surface area contributed by atoms with Crippen LogP contribution in [0.15, 0.2) is 36.4 Å². The van der Waals surface area contributed by atoms with E-state index in [1.54, 1.807) is 21.1 Å². The fraction of sp³-hybridized carbons (Fsp3) is 0.435. The van der Waals surface area contributed by atoms with Crippen molar-refractivity contribution >= 4 is 5.78 Å². The second-order valence-electron chi connectivity index (χ2n) is 7.30. The number of methoxy groups -OCH3 is 2. The molecule has 0 saturated heterocycles. The van der Waals surface area contributed by atoms with Crippen molar-refractivity contribution in [3.05, 3.63) is 58.7 Å². The lowest BCUT2D eigenvalue weighted by molar-refractivity contribution is -0.120. The van der Waals surface area contributed by atoms with Crippen LogP contribution in [0.3, 0.4) is 0 Å². The van der Waals surface area contributed by atoms with E-state index in [0.717, 1.165) is 54.7 Å². The van der Waals surface area contributed by atoms with E-state index in [2.05, 4.69) is 12.1 Å². The topological polar surface area (TPSA) is 35.5 Å². The van der Waals surface area contributed by atoms with E-state index >= 15 is 0 Å². The Kier molecular flexibility index (Phi) is 5.36. The number of aryl methyl sites for hydroxylation is 2. The van der Waals surface area contributed by atoms with Crippen molar-refractivity contribution in [3.8, 4) is 11.5 Å². The second-order valence-corrected chi connectivity index (χ2v) is 7.30. The monoisotopic (exact) mass is 352 g/mol. The normalized spacial score (nSPS) is 16.2. The molecule has 0 radical (unpaired) electrons. The number of carbonyl (C=O) groups excluding carboxylic acids is 1. The summed E-state index contributed by atoms with van der Waals surface area (Å²) in [7, 11) is 3.42. The van der Waals surface area contributed by atoms with Crippen LogP contribution in [-0.4, -0.2) is 20.0 Å². The summed E-state index contributed by atoms with van der Waals surface area (Å²) in [6.45, 7) is 3.71. The van der Waals surface area contributed by atoms with Gasteiger partial charge in [0.2, 0.25) is 0 Å². The summed E-state index contributed by atoms with van der Waals surface area (Å²) in [6.07, 6.45) is 5.31. The summed E-state index contributed by atoms with van der Waals surface area (Å²) in [5.74, 6) is 1.96. The van der Waals surface area contributed by atoms with Crippen LogP contribution in [0, 0.1) is 0 Å². The molecule has 0 aromatic heterocycles.